The maximum absolute atomic E-state index is 13.7. The number of benzene rings is 2. The third-order valence-electron chi connectivity index (χ3n) is 3.82. The Morgan fingerprint density at radius 1 is 1.18 bits per heavy atom. The summed E-state index contributed by atoms with van der Waals surface area (Å²) in [6, 6.07) is 9.63. The number of nitrogens with zero attached hydrogens (tertiary/aromatic N) is 2. The minimum absolute atomic E-state index is 0.181. The number of aromatic nitrogens is 2. The summed E-state index contributed by atoms with van der Waals surface area (Å²) in [5.41, 5.74) is 0.768. The summed E-state index contributed by atoms with van der Waals surface area (Å²) >= 11 is 1.27. The molecular weight excluding hydrogens is 403 g/mol. The second-order valence-electron chi connectivity index (χ2n) is 5.91. The fraction of sp³-hybridized carbons (Fsp3) is 0.167. The molecule has 0 radical (unpaired) electrons. The van der Waals surface area contributed by atoms with Crippen LogP contribution in [0.5, 0.6) is 0 Å². The van der Waals surface area contributed by atoms with E-state index in [1.54, 1.807) is 19.1 Å². The van der Waals surface area contributed by atoms with Crippen LogP contribution in [-0.4, -0.2) is 24.5 Å². The smallest absolute Gasteiger partial charge is 0.261 e. The van der Waals surface area contributed by atoms with Crippen molar-refractivity contribution in [2.24, 2.45) is 0 Å². The molecule has 0 aliphatic rings. The Balaban J connectivity index is 1.78. The summed E-state index contributed by atoms with van der Waals surface area (Å²) in [6.07, 6.45) is 0.713. The maximum atomic E-state index is 13.7. The van der Waals surface area contributed by atoms with Gasteiger partial charge in [0.05, 0.1) is 4.90 Å². The number of anilines is 2. The Hall–Kier alpha value is -2.85. The highest BCUT2D eigenvalue weighted by atomic mass is 32.2. The standard InChI is InChI=1S/C18H17FN4O3S2/c1-3-16-21-22-18(27-16)20-17(24)12-5-4-6-13(9-12)23-28(25,26)14-8-7-11(2)15(19)10-14/h4-10,23H,3H2,1-2H3,(H,20,22,24). The topological polar surface area (TPSA) is 101 Å². The Morgan fingerprint density at radius 3 is 2.64 bits per heavy atom. The fourth-order valence-corrected chi connectivity index (χ4v) is 4.03. The van der Waals surface area contributed by atoms with Crippen LogP contribution in [0.1, 0.15) is 27.9 Å². The van der Waals surface area contributed by atoms with Crippen molar-refractivity contribution in [2.75, 3.05) is 10.0 Å². The number of sulfonamides is 1. The fourth-order valence-electron chi connectivity index (χ4n) is 2.30. The number of carbonyl (C=O) groups is 1. The van der Waals surface area contributed by atoms with Crippen molar-refractivity contribution in [1.82, 2.24) is 10.2 Å². The van der Waals surface area contributed by atoms with Gasteiger partial charge in [-0.25, -0.2) is 12.8 Å². The molecule has 0 bridgehead atoms. The molecule has 2 N–H and O–H groups in total. The average Bonchev–Trinajstić information content (AvgIpc) is 3.11. The molecule has 146 valence electrons. The first-order chi connectivity index (χ1) is 13.3. The predicted molar refractivity (Wildman–Crippen MR) is 106 cm³/mol. The predicted octanol–water partition coefficient (Wildman–Crippen LogP) is 3.60. The number of aryl methyl sites for hydroxylation is 2. The van der Waals surface area contributed by atoms with Crippen LogP contribution in [0, 0.1) is 12.7 Å². The van der Waals surface area contributed by atoms with Gasteiger partial charge in [-0.2, -0.15) is 0 Å². The average molecular weight is 420 g/mol. The molecule has 3 rings (SSSR count). The minimum atomic E-state index is -4.00. The molecule has 10 heteroatoms. The first-order valence-electron chi connectivity index (χ1n) is 8.31. The lowest BCUT2D eigenvalue weighted by Gasteiger charge is -2.10. The zero-order chi connectivity index (χ0) is 20.3. The van der Waals surface area contributed by atoms with Crippen LogP contribution >= 0.6 is 11.3 Å². The number of nitrogens with one attached hydrogen (secondary N) is 2. The van der Waals surface area contributed by atoms with Gasteiger partial charge in [0.1, 0.15) is 10.8 Å². The Morgan fingerprint density at radius 2 is 1.96 bits per heavy atom. The van der Waals surface area contributed by atoms with Gasteiger partial charge in [-0.05, 0) is 49.2 Å². The van der Waals surface area contributed by atoms with Crippen molar-refractivity contribution in [1.29, 1.82) is 0 Å². The van der Waals surface area contributed by atoms with E-state index in [2.05, 4.69) is 20.2 Å². The largest absolute Gasteiger partial charge is 0.296 e. The lowest BCUT2D eigenvalue weighted by atomic mass is 10.2. The Kier molecular flexibility index (Phi) is 5.71. The molecule has 1 amide bonds. The molecule has 7 nitrogen and oxygen atoms in total. The Bertz CT molecular complexity index is 1130. The van der Waals surface area contributed by atoms with Crippen molar-refractivity contribution in [2.45, 2.75) is 25.2 Å². The van der Waals surface area contributed by atoms with Crippen LogP contribution in [-0.2, 0) is 16.4 Å². The molecular formula is C18H17FN4O3S2. The molecule has 0 atom stereocenters. The monoisotopic (exact) mass is 420 g/mol. The minimum Gasteiger partial charge on any atom is -0.296 e. The van der Waals surface area contributed by atoms with Gasteiger partial charge in [-0.3, -0.25) is 14.8 Å². The molecule has 1 aromatic heterocycles. The normalized spacial score (nSPS) is 11.2. The number of rotatable bonds is 6. The molecule has 0 aliphatic carbocycles. The third-order valence-corrected chi connectivity index (χ3v) is 6.18. The number of hydrogen-bond acceptors (Lipinski definition) is 6. The summed E-state index contributed by atoms with van der Waals surface area (Å²) in [5.74, 6) is -1.05. The number of hydrogen-bond donors (Lipinski definition) is 2. The van der Waals surface area contributed by atoms with Crippen LogP contribution in [0.4, 0.5) is 15.2 Å². The summed E-state index contributed by atoms with van der Waals surface area (Å²) in [4.78, 5) is 12.2. The van der Waals surface area contributed by atoms with Crippen LogP contribution < -0.4 is 10.0 Å². The highest BCUT2D eigenvalue weighted by Crippen LogP contribution is 2.21. The van der Waals surface area contributed by atoms with Gasteiger partial charge in [0.15, 0.2) is 0 Å². The summed E-state index contributed by atoms with van der Waals surface area (Å²) in [7, 11) is -4.00. The maximum Gasteiger partial charge on any atom is 0.261 e. The first-order valence-corrected chi connectivity index (χ1v) is 10.6. The second-order valence-corrected chi connectivity index (χ2v) is 8.65. The molecule has 0 aliphatic heterocycles. The van der Waals surface area contributed by atoms with Crippen molar-refractivity contribution in [3.05, 3.63) is 64.4 Å². The zero-order valence-electron chi connectivity index (χ0n) is 15.1. The molecule has 3 aromatic rings. The summed E-state index contributed by atoms with van der Waals surface area (Å²) < 4.78 is 41.0. The Labute approximate surface area is 165 Å². The summed E-state index contributed by atoms with van der Waals surface area (Å²) in [5, 5.41) is 11.6. The molecule has 1 heterocycles. The SMILES string of the molecule is CCc1nnc(NC(=O)c2cccc(NS(=O)(=O)c3ccc(C)c(F)c3)c2)s1. The molecule has 28 heavy (non-hydrogen) atoms. The van der Waals surface area contributed by atoms with Gasteiger partial charge >= 0.3 is 0 Å². The van der Waals surface area contributed by atoms with Gasteiger partial charge in [0.25, 0.3) is 15.9 Å². The summed E-state index contributed by atoms with van der Waals surface area (Å²) in [6.45, 7) is 3.48. The van der Waals surface area contributed by atoms with Crippen LogP contribution in [0.15, 0.2) is 47.4 Å². The van der Waals surface area contributed by atoms with Crippen LogP contribution in [0.2, 0.25) is 0 Å². The van der Waals surface area contributed by atoms with E-state index in [9.17, 15) is 17.6 Å². The highest BCUT2D eigenvalue weighted by molar-refractivity contribution is 7.92. The quantitative estimate of drug-likeness (QED) is 0.635. The number of carbonyl (C=O) groups excluding carboxylic acids is 1. The van der Waals surface area contributed by atoms with E-state index >= 15 is 0 Å². The lowest BCUT2D eigenvalue weighted by Crippen LogP contribution is -2.15. The van der Waals surface area contributed by atoms with E-state index in [0.717, 1.165) is 11.1 Å². The van der Waals surface area contributed by atoms with Crippen molar-refractivity contribution < 1.29 is 17.6 Å². The molecule has 0 saturated heterocycles. The second kappa shape index (κ2) is 8.03. The van der Waals surface area contributed by atoms with Crippen molar-refractivity contribution in [3.8, 4) is 0 Å². The highest BCUT2D eigenvalue weighted by Gasteiger charge is 2.17. The van der Waals surface area contributed by atoms with E-state index in [4.69, 9.17) is 0 Å². The van der Waals surface area contributed by atoms with Crippen molar-refractivity contribution >= 4 is 38.1 Å². The molecule has 0 unspecified atom stereocenters. The number of amides is 1. The molecule has 2 aromatic carbocycles. The third kappa shape index (κ3) is 4.52. The lowest BCUT2D eigenvalue weighted by molar-refractivity contribution is 0.102. The van der Waals surface area contributed by atoms with E-state index in [0.29, 0.717) is 17.1 Å². The van der Waals surface area contributed by atoms with Crippen molar-refractivity contribution in [3.63, 3.8) is 0 Å². The van der Waals surface area contributed by atoms with Gasteiger partial charge in [-0.15, -0.1) is 10.2 Å². The van der Waals surface area contributed by atoms with E-state index in [1.807, 2.05) is 6.92 Å². The molecule has 0 spiro atoms. The first kappa shape index (κ1) is 19.9. The van der Waals surface area contributed by atoms with Gasteiger partial charge in [0, 0.05) is 11.3 Å². The number of halogens is 1. The van der Waals surface area contributed by atoms with Gasteiger partial charge in [0.2, 0.25) is 5.13 Å². The van der Waals surface area contributed by atoms with E-state index < -0.39 is 21.7 Å². The van der Waals surface area contributed by atoms with E-state index in [-0.39, 0.29) is 16.1 Å². The van der Waals surface area contributed by atoms with Gasteiger partial charge in [-0.1, -0.05) is 30.4 Å². The van der Waals surface area contributed by atoms with E-state index in [1.165, 1.54) is 35.6 Å². The molecule has 0 fully saturated rings. The van der Waals surface area contributed by atoms with Gasteiger partial charge < -0.3 is 0 Å². The zero-order valence-corrected chi connectivity index (χ0v) is 16.7. The van der Waals surface area contributed by atoms with Crippen LogP contribution in [0.3, 0.4) is 0 Å². The molecule has 0 saturated carbocycles. The van der Waals surface area contributed by atoms with Crippen LogP contribution in [0.25, 0.3) is 0 Å².